The van der Waals surface area contributed by atoms with Gasteiger partial charge in [0.15, 0.2) is 0 Å². The van der Waals surface area contributed by atoms with E-state index in [1.165, 1.54) is 56.4 Å². The van der Waals surface area contributed by atoms with Gasteiger partial charge in [-0.05, 0) is 49.7 Å². The van der Waals surface area contributed by atoms with Crippen molar-refractivity contribution in [2.24, 2.45) is 5.92 Å². The summed E-state index contributed by atoms with van der Waals surface area (Å²) in [5, 5.41) is 3.78. The molecule has 2 heteroatoms. The summed E-state index contributed by atoms with van der Waals surface area (Å²) in [7, 11) is 0. The summed E-state index contributed by atoms with van der Waals surface area (Å²) in [6.45, 7) is 8.22. The van der Waals surface area contributed by atoms with E-state index in [4.69, 9.17) is 0 Å². The minimum Gasteiger partial charge on any atom is -0.311 e. The highest BCUT2D eigenvalue weighted by Crippen LogP contribution is 2.34. The van der Waals surface area contributed by atoms with Crippen molar-refractivity contribution in [2.45, 2.75) is 51.6 Å². The maximum atomic E-state index is 3.78. The predicted octanol–water partition coefficient (Wildman–Crippen LogP) is 3.00. The molecule has 1 saturated carbocycles. The smallest absolute Gasteiger partial charge is 0.0224 e. The zero-order valence-electron chi connectivity index (χ0n) is 12.9. The lowest BCUT2D eigenvalue weighted by molar-refractivity contribution is 0.120. The molecule has 20 heavy (non-hydrogen) atoms. The highest BCUT2D eigenvalue weighted by atomic mass is 15.2. The zero-order valence-corrected chi connectivity index (χ0v) is 12.9. The molecular formula is C18H28N2. The van der Waals surface area contributed by atoms with E-state index in [-0.39, 0.29) is 0 Å². The van der Waals surface area contributed by atoms with E-state index >= 15 is 0 Å². The standard InChI is InChI=1S/C18H28N2/c1-3-17-12-19-18(16-8-9-16)13-20(17)11-10-15-7-5-4-6-14(15)2/h4-7,16-19H,3,8-13H2,1-2H3. The first-order valence-electron chi connectivity index (χ1n) is 8.30. The Kier molecular flexibility index (Phi) is 4.42. The summed E-state index contributed by atoms with van der Waals surface area (Å²) in [6.07, 6.45) is 5.35. The van der Waals surface area contributed by atoms with Gasteiger partial charge < -0.3 is 5.32 Å². The van der Waals surface area contributed by atoms with Crippen LogP contribution in [0.1, 0.15) is 37.3 Å². The minimum absolute atomic E-state index is 0.731. The molecule has 1 aromatic carbocycles. The molecule has 2 aliphatic rings. The van der Waals surface area contributed by atoms with Crippen molar-refractivity contribution in [3.63, 3.8) is 0 Å². The molecule has 1 aliphatic carbocycles. The van der Waals surface area contributed by atoms with Crippen LogP contribution in [0, 0.1) is 12.8 Å². The quantitative estimate of drug-likeness (QED) is 0.886. The third-order valence-electron chi connectivity index (χ3n) is 5.16. The second-order valence-corrected chi connectivity index (χ2v) is 6.59. The molecule has 0 spiro atoms. The van der Waals surface area contributed by atoms with E-state index < -0.39 is 0 Å². The normalized spacial score (nSPS) is 27.7. The topological polar surface area (TPSA) is 15.3 Å². The second-order valence-electron chi connectivity index (χ2n) is 6.59. The molecule has 0 radical (unpaired) electrons. The van der Waals surface area contributed by atoms with Crippen molar-refractivity contribution in [3.8, 4) is 0 Å². The summed E-state index contributed by atoms with van der Waals surface area (Å²) >= 11 is 0. The van der Waals surface area contributed by atoms with Gasteiger partial charge in [0.1, 0.15) is 0 Å². The van der Waals surface area contributed by atoms with Crippen molar-refractivity contribution < 1.29 is 0 Å². The Morgan fingerprint density at radius 1 is 1.25 bits per heavy atom. The molecule has 2 atom stereocenters. The van der Waals surface area contributed by atoms with E-state index in [0.29, 0.717) is 0 Å². The third-order valence-corrected chi connectivity index (χ3v) is 5.16. The van der Waals surface area contributed by atoms with Crippen molar-refractivity contribution >= 4 is 0 Å². The summed E-state index contributed by atoms with van der Waals surface area (Å²) < 4.78 is 0. The Morgan fingerprint density at radius 2 is 2.05 bits per heavy atom. The largest absolute Gasteiger partial charge is 0.311 e. The first kappa shape index (κ1) is 14.1. The van der Waals surface area contributed by atoms with Gasteiger partial charge in [0, 0.05) is 31.7 Å². The van der Waals surface area contributed by atoms with Gasteiger partial charge >= 0.3 is 0 Å². The Bertz CT molecular complexity index is 439. The molecule has 1 N–H and O–H groups in total. The second kappa shape index (κ2) is 6.28. The monoisotopic (exact) mass is 272 g/mol. The van der Waals surface area contributed by atoms with Crippen LogP contribution in [-0.4, -0.2) is 36.6 Å². The van der Waals surface area contributed by atoms with E-state index in [1.807, 2.05) is 0 Å². The number of hydrogen-bond acceptors (Lipinski definition) is 2. The first-order chi connectivity index (χ1) is 9.78. The Hall–Kier alpha value is -0.860. The van der Waals surface area contributed by atoms with Crippen LogP contribution in [0.3, 0.4) is 0 Å². The van der Waals surface area contributed by atoms with Crippen LogP contribution in [0.4, 0.5) is 0 Å². The number of hydrogen-bond donors (Lipinski definition) is 1. The maximum absolute atomic E-state index is 3.78. The lowest BCUT2D eigenvalue weighted by atomic mass is 10.0. The zero-order chi connectivity index (χ0) is 13.9. The van der Waals surface area contributed by atoms with Crippen LogP contribution in [0.15, 0.2) is 24.3 Å². The minimum atomic E-state index is 0.731. The van der Waals surface area contributed by atoms with Gasteiger partial charge in [0.25, 0.3) is 0 Å². The number of piperazine rings is 1. The molecule has 2 fully saturated rings. The molecule has 110 valence electrons. The molecule has 0 aromatic heterocycles. The van der Waals surface area contributed by atoms with Crippen molar-refractivity contribution in [3.05, 3.63) is 35.4 Å². The molecule has 0 bridgehead atoms. The van der Waals surface area contributed by atoms with E-state index in [9.17, 15) is 0 Å². The Morgan fingerprint density at radius 3 is 2.75 bits per heavy atom. The molecule has 1 aliphatic heterocycles. The van der Waals surface area contributed by atoms with Gasteiger partial charge in [-0.15, -0.1) is 0 Å². The molecule has 3 rings (SSSR count). The van der Waals surface area contributed by atoms with Gasteiger partial charge in [-0.2, -0.15) is 0 Å². The van der Waals surface area contributed by atoms with E-state index in [0.717, 1.165) is 18.0 Å². The highest BCUT2D eigenvalue weighted by Gasteiger charge is 2.36. The average molecular weight is 272 g/mol. The van der Waals surface area contributed by atoms with Gasteiger partial charge in [-0.3, -0.25) is 4.90 Å². The van der Waals surface area contributed by atoms with Crippen molar-refractivity contribution in [1.82, 2.24) is 10.2 Å². The summed E-state index contributed by atoms with van der Waals surface area (Å²) in [6, 6.07) is 10.3. The summed E-state index contributed by atoms with van der Waals surface area (Å²) in [5.41, 5.74) is 2.96. The number of aryl methyl sites for hydroxylation is 1. The van der Waals surface area contributed by atoms with Gasteiger partial charge in [-0.1, -0.05) is 31.2 Å². The molecule has 1 saturated heterocycles. The fraction of sp³-hybridized carbons (Fsp3) is 0.667. The number of nitrogens with zero attached hydrogens (tertiary/aromatic N) is 1. The van der Waals surface area contributed by atoms with Gasteiger partial charge in [-0.25, -0.2) is 0 Å². The molecule has 1 heterocycles. The molecule has 2 unspecified atom stereocenters. The average Bonchev–Trinajstić information content (AvgIpc) is 3.31. The number of rotatable bonds is 5. The fourth-order valence-corrected chi connectivity index (χ4v) is 3.53. The van der Waals surface area contributed by atoms with Crippen LogP contribution < -0.4 is 5.32 Å². The number of nitrogens with one attached hydrogen (secondary N) is 1. The van der Waals surface area contributed by atoms with E-state index in [1.54, 1.807) is 0 Å². The molecule has 2 nitrogen and oxygen atoms in total. The molecule has 0 amide bonds. The Balaban J connectivity index is 1.59. The van der Waals surface area contributed by atoms with Gasteiger partial charge in [0.05, 0.1) is 0 Å². The van der Waals surface area contributed by atoms with E-state index in [2.05, 4.69) is 48.3 Å². The SMILES string of the molecule is CCC1CNC(C2CC2)CN1CCc1ccccc1C. The third kappa shape index (κ3) is 3.24. The Labute approximate surface area is 123 Å². The predicted molar refractivity (Wildman–Crippen MR) is 85.0 cm³/mol. The molecular weight excluding hydrogens is 244 g/mol. The van der Waals surface area contributed by atoms with Crippen LogP contribution in [0.5, 0.6) is 0 Å². The summed E-state index contributed by atoms with van der Waals surface area (Å²) in [5.74, 6) is 0.966. The van der Waals surface area contributed by atoms with Crippen LogP contribution in [0.25, 0.3) is 0 Å². The maximum Gasteiger partial charge on any atom is 0.0224 e. The van der Waals surface area contributed by atoms with Gasteiger partial charge in [0.2, 0.25) is 0 Å². The highest BCUT2D eigenvalue weighted by molar-refractivity contribution is 5.25. The first-order valence-corrected chi connectivity index (χ1v) is 8.30. The molecule has 1 aromatic rings. The lowest BCUT2D eigenvalue weighted by Crippen LogP contribution is -2.57. The fourth-order valence-electron chi connectivity index (χ4n) is 3.53. The lowest BCUT2D eigenvalue weighted by Gasteiger charge is -2.40. The van der Waals surface area contributed by atoms with Crippen molar-refractivity contribution in [2.75, 3.05) is 19.6 Å². The van der Waals surface area contributed by atoms with Crippen LogP contribution in [0.2, 0.25) is 0 Å². The number of benzene rings is 1. The van der Waals surface area contributed by atoms with Crippen LogP contribution in [-0.2, 0) is 6.42 Å². The van der Waals surface area contributed by atoms with Crippen LogP contribution >= 0.6 is 0 Å². The van der Waals surface area contributed by atoms with Crippen molar-refractivity contribution in [1.29, 1.82) is 0 Å². The summed E-state index contributed by atoms with van der Waals surface area (Å²) in [4.78, 5) is 2.74.